The summed E-state index contributed by atoms with van der Waals surface area (Å²) in [6.45, 7) is 11.8. The number of rotatable bonds is 1. The topological polar surface area (TPSA) is 3.24 Å². The fraction of sp³-hybridized carbons (Fsp3) is 0.733. The van der Waals surface area contributed by atoms with Gasteiger partial charge in [0.15, 0.2) is 0 Å². The predicted octanol–water partition coefficient (Wildman–Crippen LogP) is 4.12. The van der Waals surface area contributed by atoms with Crippen molar-refractivity contribution in [1.29, 1.82) is 0 Å². The number of hydrogen-bond donors (Lipinski definition) is 0. The molecule has 1 heteroatoms. The molecule has 90 valence electrons. The van der Waals surface area contributed by atoms with Crippen molar-refractivity contribution >= 4 is 0 Å². The third-order valence-electron chi connectivity index (χ3n) is 3.82. The van der Waals surface area contributed by atoms with Gasteiger partial charge >= 0.3 is 0 Å². The molecule has 0 N–H and O–H groups in total. The van der Waals surface area contributed by atoms with Gasteiger partial charge in [0.25, 0.3) is 0 Å². The van der Waals surface area contributed by atoms with Gasteiger partial charge in [-0.2, -0.15) is 0 Å². The van der Waals surface area contributed by atoms with Crippen LogP contribution in [0.5, 0.6) is 0 Å². The van der Waals surface area contributed by atoms with Crippen LogP contribution in [0.3, 0.4) is 0 Å². The molecule has 0 radical (unpaired) electrons. The van der Waals surface area contributed by atoms with E-state index < -0.39 is 0 Å². The fourth-order valence-corrected chi connectivity index (χ4v) is 2.90. The highest BCUT2D eigenvalue weighted by atomic mass is 15.1. The summed E-state index contributed by atoms with van der Waals surface area (Å²) in [4.78, 5) is 2.60. The van der Waals surface area contributed by atoms with Crippen molar-refractivity contribution < 1.29 is 0 Å². The maximum absolute atomic E-state index is 2.60. The first-order valence-corrected chi connectivity index (χ1v) is 6.60. The molecule has 2 aliphatic rings. The van der Waals surface area contributed by atoms with Crippen LogP contribution in [0, 0.1) is 5.41 Å². The van der Waals surface area contributed by atoms with E-state index in [-0.39, 0.29) is 0 Å². The van der Waals surface area contributed by atoms with Crippen LogP contribution in [0.15, 0.2) is 22.9 Å². The average Bonchev–Trinajstić information content (AvgIpc) is 2.67. The van der Waals surface area contributed by atoms with Gasteiger partial charge in [-0.15, -0.1) is 0 Å². The van der Waals surface area contributed by atoms with E-state index in [0.29, 0.717) is 5.41 Å². The predicted molar refractivity (Wildman–Crippen MR) is 70.3 cm³/mol. The zero-order valence-electron chi connectivity index (χ0n) is 11.3. The van der Waals surface area contributed by atoms with Crippen molar-refractivity contribution in [1.82, 2.24) is 4.90 Å². The molecule has 0 aromatic carbocycles. The first-order chi connectivity index (χ1) is 7.48. The lowest BCUT2D eigenvalue weighted by atomic mass is 9.76. The third-order valence-corrected chi connectivity index (χ3v) is 3.82. The van der Waals surface area contributed by atoms with Gasteiger partial charge in [-0.05, 0) is 56.6 Å². The van der Waals surface area contributed by atoms with Gasteiger partial charge in [-0.3, -0.25) is 0 Å². The van der Waals surface area contributed by atoms with E-state index in [9.17, 15) is 0 Å². The lowest BCUT2D eigenvalue weighted by molar-refractivity contribution is 0.290. The Morgan fingerprint density at radius 1 is 1.12 bits per heavy atom. The van der Waals surface area contributed by atoms with E-state index >= 15 is 0 Å². The minimum atomic E-state index is 0.444. The second-order valence-corrected chi connectivity index (χ2v) is 6.37. The van der Waals surface area contributed by atoms with E-state index in [1.165, 1.54) is 44.3 Å². The maximum Gasteiger partial charge on any atom is 0.0175 e. The van der Waals surface area contributed by atoms with Crippen LogP contribution in [0.4, 0.5) is 0 Å². The van der Waals surface area contributed by atoms with Crippen molar-refractivity contribution in [2.75, 3.05) is 13.1 Å². The third kappa shape index (κ3) is 2.50. The molecule has 0 bridgehead atoms. The smallest absolute Gasteiger partial charge is 0.0175 e. The first kappa shape index (κ1) is 11.8. The molecule has 0 aromatic rings. The quantitative estimate of drug-likeness (QED) is 0.641. The highest BCUT2D eigenvalue weighted by molar-refractivity contribution is 5.32. The second kappa shape index (κ2) is 4.27. The van der Waals surface area contributed by atoms with Crippen LogP contribution < -0.4 is 0 Å². The molecule has 0 saturated carbocycles. The van der Waals surface area contributed by atoms with Crippen molar-refractivity contribution in [3.63, 3.8) is 0 Å². The molecule has 1 nitrogen and oxygen atoms in total. The Morgan fingerprint density at radius 3 is 2.31 bits per heavy atom. The Labute approximate surface area is 100 Å². The number of allylic oxidation sites excluding steroid dienone is 4. The lowest BCUT2D eigenvalue weighted by Crippen LogP contribution is -2.27. The summed E-state index contributed by atoms with van der Waals surface area (Å²) in [5.41, 5.74) is 5.09. The molecule has 0 amide bonds. The molecular formula is C15H25N. The average molecular weight is 219 g/mol. The summed E-state index contributed by atoms with van der Waals surface area (Å²) in [5.74, 6) is 0. The lowest BCUT2D eigenvalue weighted by Gasteiger charge is -2.36. The SMILES string of the molecule is CC(C)=C1C=C(N2CCCC2)CC(C)(C)C1. The van der Waals surface area contributed by atoms with Gasteiger partial charge in [0.2, 0.25) is 0 Å². The molecule has 1 fully saturated rings. The zero-order valence-corrected chi connectivity index (χ0v) is 11.3. The second-order valence-electron chi connectivity index (χ2n) is 6.37. The molecule has 0 aromatic heterocycles. The minimum Gasteiger partial charge on any atom is -0.375 e. The number of hydrogen-bond acceptors (Lipinski definition) is 1. The number of nitrogens with zero attached hydrogens (tertiary/aromatic N) is 1. The van der Waals surface area contributed by atoms with Crippen LogP contribution in [-0.2, 0) is 0 Å². The van der Waals surface area contributed by atoms with Gasteiger partial charge < -0.3 is 4.90 Å². The maximum atomic E-state index is 2.60. The number of likely N-dealkylation sites (tertiary alicyclic amines) is 1. The Bertz CT molecular complexity index is 323. The van der Waals surface area contributed by atoms with Crippen LogP contribution >= 0.6 is 0 Å². The van der Waals surface area contributed by atoms with Gasteiger partial charge in [-0.1, -0.05) is 19.4 Å². The summed E-state index contributed by atoms with van der Waals surface area (Å²) in [7, 11) is 0. The molecule has 1 aliphatic heterocycles. The standard InChI is InChI=1S/C15H25N/c1-12(2)13-9-14(11-15(3,4)10-13)16-7-5-6-8-16/h9H,5-8,10-11H2,1-4H3. The van der Waals surface area contributed by atoms with Crippen LogP contribution in [-0.4, -0.2) is 18.0 Å². The van der Waals surface area contributed by atoms with E-state index in [4.69, 9.17) is 0 Å². The zero-order chi connectivity index (χ0) is 11.8. The van der Waals surface area contributed by atoms with Crippen LogP contribution in [0.1, 0.15) is 53.4 Å². The van der Waals surface area contributed by atoms with Gasteiger partial charge in [0.05, 0.1) is 0 Å². The van der Waals surface area contributed by atoms with Crippen molar-refractivity contribution in [3.05, 3.63) is 22.9 Å². The molecule has 16 heavy (non-hydrogen) atoms. The molecule has 0 atom stereocenters. The summed E-state index contributed by atoms with van der Waals surface area (Å²) >= 11 is 0. The van der Waals surface area contributed by atoms with Gasteiger partial charge in [-0.25, -0.2) is 0 Å². The molecule has 1 aliphatic carbocycles. The van der Waals surface area contributed by atoms with E-state index in [0.717, 1.165) is 0 Å². The molecule has 2 rings (SSSR count). The van der Waals surface area contributed by atoms with Gasteiger partial charge in [0, 0.05) is 18.8 Å². The normalized spacial score (nSPS) is 24.6. The first-order valence-electron chi connectivity index (χ1n) is 6.60. The summed E-state index contributed by atoms with van der Waals surface area (Å²) in [6.07, 6.45) is 7.71. The van der Waals surface area contributed by atoms with E-state index in [1.807, 2.05) is 0 Å². The molecule has 1 saturated heterocycles. The Morgan fingerprint density at radius 2 is 1.75 bits per heavy atom. The van der Waals surface area contributed by atoms with Crippen molar-refractivity contribution in [3.8, 4) is 0 Å². The Balaban J connectivity index is 2.26. The Hall–Kier alpha value is -0.720. The minimum absolute atomic E-state index is 0.444. The molecule has 0 spiro atoms. The molecule has 0 unspecified atom stereocenters. The monoisotopic (exact) mass is 219 g/mol. The summed E-state index contributed by atoms with van der Waals surface area (Å²) < 4.78 is 0. The van der Waals surface area contributed by atoms with Crippen molar-refractivity contribution in [2.45, 2.75) is 53.4 Å². The summed E-state index contributed by atoms with van der Waals surface area (Å²) in [6, 6.07) is 0. The summed E-state index contributed by atoms with van der Waals surface area (Å²) in [5, 5.41) is 0. The van der Waals surface area contributed by atoms with Crippen LogP contribution in [0.2, 0.25) is 0 Å². The van der Waals surface area contributed by atoms with E-state index in [2.05, 4.69) is 38.7 Å². The highest BCUT2D eigenvalue weighted by Gasteiger charge is 2.29. The highest BCUT2D eigenvalue weighted by Crippen LogP contribution is 2.40. The van der Waals surface area contributed by atoms with Crippen LogP contribution in [0.25, 0.3) is 0 Å². The largest absolute Gasteiger partial charge is 0.375 e. The van der Waals surface area contributed by atoms with Crippen molar-refractivity contribution in [2.24, 2.45) is 5.41 Å². The Kier molecular flexibility index (Phi) is 3.14. The van der Waals surface area contributed by atoms with E-state index in [1.54, 1.807) is 11.3 Å². The molecule has 1 heterocycles. The fourth-order valence-electron chi connectivity index (χ4n) is 2.90. The van der Waals surface area contributed by atoms with Gasteiger partial charge in [0.1, 0.15) is 0 Å². The molecular weight excluding hydrogens is 194 g/mol.